The molecule has 3 nitrogen and oxygen atoms in total. The van der Waals surface area contributed by atoms with Gasteiger partial charge in [-0.25, -0.2) is 0 Å². The molecule has 1 aromatic heterocycles. The molecule has 0 spiro atoms. The van der Waals surface area contributed by atoms with Crippen molar-refractivity contribution in [2.75, 3.05) is 7.05 Å². The first-order chi connectivity index (χ1) is 8.81. The van der Waals surface area contributed by atoms with Crippen LogP contribution in [-0.2, 0) is 6.42 Å². The lowest BCUT2D eigenvalue weighted by Crippen LogP contribution is -2.20. The van der Waals surface area contributed by atoms with E-state index in [1.807, 2.05) is 25.2 Å². The standard InChI is InChI=1S/C15H18N2O/c1-16-12-8-4-5-9-13-14(12)10-6-2-3-7-11(10)15(18)17-13/h2-3,6-7,12,16H,4-5,8-9H2,1H3,(H,17,18). The molecule has 0 saturated heterocycles. The molecule has 2 aromatic rings. The number of H-pyrrole nitrogens is 1. The van der Waals surface area contributed by atoms with E-state index in [2.05, 4.69) is 16.4 Å². The lowest BCUT2D eigenvalue weighted by molar-refractivity contribution is 0.536. The smallest absolute Gasteiger partial charge is 0.256 e. The van der Waals surface area contributed by atoms with E-state index in [1.54, 1.807) is 0 Å². The molecule has 1 aliphatic carbocycles. The summed E-state index contributed by atoms with van der Waals surface area (Å²) in [5, 5.41) is 5.30. The number of pyridine rings is 1. The topological polar surface area (TPSA) is 44.9 Å². The van der Waals surface area contributed by atoms with Gasteiger partial charge < -0.3 is 10.3 Å². The van der Waals surface area contributed by atoms with E-state index in [0.29, 0.717) is 6.04 Å². The van der Waals surface area contributed by atoms with E-state index < -0.39 is 0 Å². The average molecular weight is 242 g/mol. The molecule has 0 aliphatic heterocycles. The van der Waals surface area contributed by atoms with Crippen LogP contribution in [0, 0.1) is 0 Å². The molecule has 0 amide bonds. The zero-order valence-corrected chi connectivity index (χ0v) is 10.6. The van der Waals surface area contributed by atoms with E-state index in [-0.39, 0.29) is 5.56 Å². The first-order valence-corrected chi connectivity index (χ1v) is 6.62. The second-order valence-electron chi connectivity index (χ2n) is 4.98. The first-order valence-electron chi connectivity index (χ1n) is 6.62. The summed E-state index contributed by atoms with van der Waals surface area (Å²) in [6, 6.07) is 8.27. The summed E-state index contributed by atoms with van der Waals surface area (Å²) < 4.78 is 0. The Morgan fingerprint density at radius 2 is 2.00 bits per heavy atom. The van der Waals surface area contributed by atoms with Crippen LogP contribution >= 0.6 is 0 Å². The largest absolute Gasteiger partial charge is 0.325 e. The number of aromatic amines is 1. The van der Waals surface area contributed by atoms with E-state index in [9.17, 15) is 4.79 Å². The maximum absolute atomic E-state index is 12.1. The van der Waals surface area contributed by atoms with Crippen molar-refractivity contribution < 1.29 is 0 Å². The Labute approximate surface area is 106 Å². The van der Waals surface area contributed by atoms with Crippen LogP contribution < -0.4 is 10.9 Å². The summed E-state index contributed by atoms with van der Waals surface area (Å²) in [6.07, 6.45) is 4.48. The molecule has 0 bridgehead atoms. The molecule has 1 heterocycles. The van der Waals surface area contributed by atoms with Crippen molar-refractivity contribution in [3.8, 4) is 0 Å². The highest BCUT2D eigenvalue weighted by Crippen LogP contribution is 2.31. The maximum Gasteiger partial charge on any atom is 0.256 e. The fourth-order valence-corrected chi connectivity index (χ4v) is 3.03. The fraction of sp³-hybridized carbons (Fsp3) is 0.400. The van der Waals surface area contributed by atoms with Gasteiger partial charge >= 0.3 is 0 Å². The van der Waals surface area contributed by atoms with Crippen LogP contribution in [-0.4, -0.2) is 12.0 Å². The Morgan fingerprint density at radius 1 is 1.22 bits per heavy atom. The van der Waals surface area contributed by atoms with Crippen LogP contribution in [0.5, 0.6) is 0 Å². The van der Waals surface area contributed by atoms with E-state index in [0.717, 1.165) is 35.7 Å². The molecule has 3 heteroatoms. The molecule has 0 fully saturated rings. The highest BCUT2D eigenvalue weighted by Gasteiger charge is 2.21. The molecule has 1 atom stereocenters. The molecule has 2 N–H and O–H groups in total. The minimum Gasteiger partial charge on any atom is -0.325 e. The minimum absolute atomic E-state index is 0.0427. The average Bonchev–Trinajstić information content (AvgIpc) is 2.61. The van der Waals surface area contributed by atoms with E-state index in [1.165, 1.54) is 12.0 Å². The van der Waals surface area contributed by atoms with E-state index in [4.69, 9.17) is 0 Å². The highest BCUT2D eigenvalue weighted by molar-refractivity contribution is 5.86. The number of hydrogen-bond donors (Lipinski definition) is 2. The number of hydrogen-bond acceptors (Lipinski definition) is 2. The summed E-state index contributed by atoms with van der Waals surface area (Å²) in [5.41, 5.74) is 2.46. The molecule has 1 unspecified atom stereocenters. The quantitative estimate of drug-likeness (QED) is 0.755. The summed E-state index contributed by atoms with van der Waals surface area (Å²) >= 11 is 0. The van der Waals surface area contributed by atoms with Gasteiger partial charge in [0.15, 0.2) is 0 Å². The van der Waals surface area contributed by atoms with Gasteiger partial charge in [-0.3, -0.25) is 4.79 Å². The molecule has 18 heavy (non-hydrogen) atoms. The summed E-state index contributed by atoms with van der Waals surface area (Å²) in [4.78, 5) is 15.2. The molecule has 1 aliphatic rings. The van der Waals surface area contributed by atoms with Gasteiger partial charge in [0.05, 0.1) is 0 Å². The van der Waals surface area contributed by atoms with Gasteiger partial charge in [0, 0.05) is 17.1 Å². The zero-order chi connectivity index (χ0) is 12.5. The number of aromatic nitrogens is 1. The van der Waals surface area contributed by atoms with Gasteiger partial charge in [0.2, 0.25) is 0 Å². The predicted octanol–water partition coefficient (Wildman–Crippen LogP) is 2.52. The number of nitrogens with one attached hydrogen (secondary N) is 2. The molecule has 3 rings (SSSR count). The lowest BCUT2D eigenvalue weighted by atomic mass is 9.97. The SMILES string of the molecule is CNC1CCCCc2[nH]c(=O)c3ccccc3c21. The number of fused-ring (bicyclic) bond motifs is 3. The summed E-state index contributed by atoms with van der Waals surface area (Å²) in [5.74, 6) is 0. The van der Waals surface area contributed by atoms with Crippen LogP contribution in [0.1, 0.15) is 36.6 Å². The Morgan fingerprint density at radius 3 is 2.78 bits per heavy atom. The zero-order valence-electron chi connectivity index (χ0n) is 10.6. The molecule has 1 aromatic carbocycles. The van der Waals surface area contributed by atoms with Gasteiger partial charge in [-0.2, -0.15) is 0 Å². The monoisotopic (exact) mass is 242 g/mol. The van der Waals surface area contributed by atoms with Crippen molar-refractivity contribution in [2.24, 2.45) is 0 Å². The third-order valence-electron chi connectivity index (χ3n) is 3.92. The molecular formula is C15H18N2O. The van der Waals surface area contributed by atoms with Gasteiger partial charge in [-0.05, 0) is 43.3 Å². The van der Waals surface area contributed by atoms with Crippen molar-refractivity contribution in [2.45, 2.75) is 31.7 Å². The van der Waals surface area contributed by atoms with Gasteiger partial charge in [-0.1, -0.05) is 24.6 Å². The summed E-state index contributed by atoms with van der Waals surface area (Å²) in [6.45, 7) is 0. The van der Waals surface area contributed by atoms with E-state index >= 15 is 0 Å². The van der Waals surface area contributed by atoms with Crippen molar-refractivity contribution in [3.63, 3.8) is 0 Å². The number of aryl methyl sites for hydroxylation is 1. The first kappa shape index (κ1) is 11.5. The predicted molar refractivity (Wildman–Crippen MR) is 73.9 cm³/mol. The van der Waals surface area contributed by atoms with Crippen LogP contribution in [0.25, 0.3) is 10.8 Å². The second-order valence-corrected chi connectivity index (χ2v) is 4.98. The van der Waals surface area contributed by atoms with Gasteiger partial charge in [-0.15, -0.1) is 0 Å². The maximum atomic E-state index is 12.1. The van der Waals surface area contributed by atoms with Gasteiger partial charge in [0.1, 0.15) is 0 Å². The Bertz CT molecular complexity index is 630. The number of rotatable bonds is 1. The fourth-order valence-electron chi connectivity index (χ4n) is 3.03. The molecule has 94 valence electrons. The van der Waals surface area contributed by atoms with Crippen molar-refractivity contribution in [1.82, 2.24) is 10.3 Å². The number of benzene rings is 1. The van der Waals surface area contributed by atoms with Crippen LogP contribution in [0.2, 0.25) is 0 Å². The van der Waals surface area contributed by atoms with Crippen LogP contribution in [0.15, 0.2) is 29.1 Å². The Kier molecular flexibility index (Phi) is 2.92. The molecule has 0 saturated carbocycles. The normalized spacial score (nSPS) is 19.5. The highest BCUT2D eigenvalue weighted by atomic mass is 16.1. The second kappa shape index (κ2) is 4.58. The Hall–Kier alpha value is -1.61. The molecular weight excluding hydrogens is 224 g/mol. The van der Waals surface area contributed by atoms with Crippen molar-refractivity contribution >= 4 is 10.8 Å². The Balaban J connectivity index is 2.36. The summed E-state index contributed by atoms with van der Waals surface area (Å²) in [7, 11) is 2.00. The van der Waals surface area contributed by atoms with Crippen LogP contribution in [0.4, 0.5) is 0 Å². The van der Waals surface area contributed by atoms with Crippen molar-refractivity contribution in [3.05, 3.63) is 45.9 Å². The third-order valence-corrected chi connectivity index (χ3v) is 3.92. The minimum atomic E-state index is 0.0427. The molecule has 0 radical (unpaired) electrons. The third kappa shape index (κ3) is 1.75. The van der Waals surface area contributed by atoms with Crippen molar-refractivity contribution in [1.29, 1.82) is 0 Å². The van der Waals surface area contributed by atoms with Crippen LogP contribution in [0.3, 0.4) is 0 Å². The van der Waals surface area contributed by atoms with Gasteiger partial charge in [0.25, 0.3) is 5.56 Å². The lowest BCUT2D eigenvalue weighted by Gasteiger charge is -2.18.